The van der Waals surface area contributed by atoms with Gasteiger partial charge in [0.05, 0.1) is 6.54 Å². The van der Waals surface area contributed by atoms with Crippen LogP contribution >= 0.6 is 0 Å². The van der Waals surface area contributed by atoms with Gasteiger partial charge in [-0.2, -0.15) is 0 Å². The molecule has 2 fully saturated rings. The SMILES string of the molecule is CC1CCCC(NC(=O)CNC2CC2)(C(=O)O)C1. The summed E-state index contributed by atoms with van der Waals surface area (Å²) in [5.41, 5.74) is -1.04. The Morgan fingerprint density at radius 2 is 2.06 bits per heavy atom. The van der Waals surface area contributed by atoms with E-state index in [-0.39, 0.29) is 12.5 Å². The Balaban J connectivity index is 1.91. The van der Waals surface area contributed by atoms with Crippen molar-refractivity contribution >= 4 is 11.9 Å². The molecule has 18 heavy (non-hydrogen) atoms. The number of hydrogen-bond acceptors (Lipinski definition) is 3. The smallest absolute Gasteiger partial charge is 0.329 e. The topological polar surface area (TPSA) is 78.4 Å². The average Bonchev–Trinajstić information content (AvgIpc) is 3.10. The number of carbonyl (C=O) groups is 2. The summed E-state index contributed by atoms with van der Waals surface area (Å²) < 4.78 is 0. The highest BCUT2D eigenvalue weighted by molar-refractivity contribution is 5.88. The third-order valence-electron chi connectivity index (χ3n) is 3.91. The second-order valence-electron chi connectivity index (χ2n) is 5.79. The summed E-state index contributed by atoms with van der Waals surface area (Å²) in [4.78, 5) is 23.3. The van der Waals surface area contributed by atoms with Crippen molar-refractivity contribution in [2.24, 2.45) is 5.92 Å². The maximum atomic E-state index is 11.8. The van der Waals surface area contributed by atoms with Gasteiger partial charge in [0.25, 0.3) is 0 Å². The van der Waals surface area contributed by atoms with Crippen LogP contribution in [0.2, 0.25) is 0 Å². The number of nitrogens with one attached hydrogen (secondary N) is 2. The summed E-state index contributed by atoms with van der Waals surface area (Å²) >= 11 is 0. The van der Waals surface area contributed by atoms with Crippen LogP contribution in [0.5, 0.6) is 0 Å². The zero-order chi connectivity index (χ0) is 13.2. The lowest BCUT2D eigenvalue weighted by Crippen LogP contribution is -2.58. The van der Waals surface area contributed by atoms with E-state index in [0.29, 0.717) is 24.8 Å². The van der Waals surface area contributed by atoms with E-state index >= 15 is 0 Å². The number of amides is 1. The molecule has 5 heteroatoms. The number of rotatable bonds is 5. The first kappa shape index (κ1) is 13.3. The monoisotopic (exact) mass is 254 g/mol. The van der Waals surface area contributed by atoms with E-state index in [2.05, 4.69) is 10.6 Å². The molecule has 2 aliphatic carbocycles. The van der Waals surface area contributed by atoms with Crippen molar-refractivity contribution in [1.82, 2.24) is 10.6 Å². The van der Waals surface area contributed by atoms with Crippen LogP contribution < -0.4 is 10.6 Å². The molecule has 3 N–H and O–H groups in total. The fourth-order valence-corrected chi connectivity index (χ4v) is 2.75. The van der Waals surface area contributed by atoms with Crippen LogP contribution in [0.25, 0.3) is 0 Å². The highest BCUT2D eigenvalue weighted by Crippen LogP contribution is 2.32. The van der Waals surface area contributed by atoms with Crippen molar-refractivity contribution in [3.8, 4) is 0 Å². The summed E-state index contributed by atoms with van der Waals surface area (Å²) in [5.74, 6) is -0.737. The molecule has 2 saturated carbocycles. The van der Waals surface area contributed by atoms with Gasteiger partial charge in [0, 0.05) is 6.04 Å². The molecular formula is C13H22N2O3. The Morgan fingerprint density at radius 3 is 2.61 bits per heavy atom. The lowest BCUT2D eigenvalue weighted by molar-refractivity contribution is -0.149. The number of hydrogen-bond donors (Lipinski definition) is 3. The van der Waals surface area contributed by atoms with Crippen molar-refractivity contribution in [3.05, 3.63) is 0 Å². The fourth-order valence-electron chi connectivity index (χ4n) is 2.75. The summed E-state index contributed by atoms with van der Waals surface area (Å²) in [6, 6.07) is 0.460. The van der Waals surface area contributed by atoms with Crippen LogP contribution in [0.4, 0.5) is 0 Å². The van der Waals surface area contributed by atoms with Crippen LogP contribution in [0, 0.1) is 5.92 Å². The third-order valence-corrected chi connectivity index (χ3v) is 3.91. The summed E-state index contributed by atoms with van der Waals surface area (Å²) in [6.45, 7) is 2.28. The van der Waals surface area contributed by atoms with Crippen LogP contribution in [0.1, 0.15) is 45.4 Å². The molecular weight excluding hydrogens is 232 g/mol. The lowest BCUT2D eigenvalue weighted by Gasteiger charge is -2.37. The van der Waals surface area contributed by atoms with E-state index in [1.807, 2.05) is 6.92 Å². The Kier molecular flexibility index (Phi) is 3.90. The molecule has 2 aliphatic rings. The van der Waals surface area contributed by atoms with Crippen LogP contribution in [0.3, 0.4) is 0 Å². The normalized spacial score (nSPS) is 31.9. The molecule has 0 radical (unpaired) electrons. The standard InChI is InChI=1S/C13H22N2O3/c1-9-3-2-6-13(7-9,12(17)18)15-11(16)8-14-10-4-5-10/h9-10,14H,2-8H2,1H3,(H,15,16)(H,17,18). The van der Waals surface area contributed by atoms with Gasteiger partial charge in [-0.3, -0.25) is 4.79 Å². The molecule has 0 aliphatic heterocycles. The van der Waals surface area contributed by atoms with Crippen LogP contribution in [0.15, 0.2) is 0 Å². The van der Waals surface area contributed by atoms with E-state index < -0.39 is 11.5 Å². The van der Waals surface area contributed by atoms with Gasteiger partial charge in [-0.15, -0.1) is 0 Å². The maximum absolute atomic E-state index is 11.8. The Labute approximate surface area is 107 Å². The van der Waals surface area contributed by atoms with Crippen molar-refractivity contribution in [2.75, 3.05) is 6.54 Å². The van der Waals surface area contributed by atoms with Gasteiger partial charge >= 0.3 is 5.97 Å². The molecule has 0 aromatic rings. The second kappa shape index (κ2) is 5.26. The molecule has 0 aromatic carbocycles. The largest absolute Gasteiger partial charge is 0.480 e. The molecule has 102 valence electrons. The molecule has 0 aromatic heterocycles. The summed E-state index contributed by atoms with van der Waals surface area (Å²) in [6.07, 6.45) is 5.23. The van der Waals surface area contributed by atoms with E-state index in [0.717, 1.165) is 25.7 Å². The third kappa shape index (κ3) is 3.22. The Morgan fingerprint density at radius 1 is 1.33 bits per heavy atom. The van der Waals surface area contributed by atoms with Gasteiger partial charge in [0.2, 0.25) is 5.91 Å². The minimum absolute atomic E-state index is 0.196. The fraction of sp³-hybridized carbons (Fsp3) is 0.846. The van der Waals surface area contributed by atoms with Gasteiger partial charge in [0.1, 0.15) is 5.54 Å². The summed E-state index contributed by atoms with van der Waals surface area (Å²) in [7, 11) is 0. The van der Waals surface area contributed by atoms with Gasteiger partial charge < -0.3 is 15.7 Å². The predicted molar refractivity (Wildman–Crippen MR) is 67.2 cm³/mol. The number of carboxylic acids is 1. The van der Waals surface area contributed by atoms with Gasteiger partial charge in [-0.25, -0.2) is 4.79 Å². The number of carbonyl (C=O) groups excluding carboxylic acids is 1. The predicted octanol–water partition coefficient (Wildman–Crippen LogP) is 0.888. The van der Waals surface area contributed by atoms with E-state index in [9.17, 15) is 14.7 Å². The molecule has 5 nitrogen and oxygen atoms in total. The molecule has 2 atom stereocenters. The van der Waals surface area contributed by atoms with Crippen molar-refractivity contribution in [3.63, 3.8) is 0 Å². The Bertz CT molecular complexity index is 341. The molecule has 0 bridgehead atoms. The quantitative estimate of drug-likeness (QED) is 0.681. The van der Waals surface area contributed by atoms with Crippen molar-refractivity contribution in [1.29, 1.82) is 0 Å². The highest BCUT2D eigenvalue weighted by atomic mass is 16.4. The number of carboxylic acid groups (broad SMARTS) is 1. The first-order valence-electron chi connectivity index (χ1n) is 6.80. The first-order valence-corrected chi connectivity index (χ1v) is 6.80. The minimum Gasteiger partial charge on any atom is -0.480 e. The van der Waals surface area contributed by atoms with E-state index in [1.165, 1.54) is 0 Å². The Hall–Kier alpha value is -1.10. The van der Waals surface area contributed by atoms with Crippen LogP contribution in [-0.4, -0.2) is 35.1 Å². The van der Waals surface area contributed by atoms with Crippen LogP contribution in [-0.2, 0) is 9.59 Å². The van der Waals surface area contributed by atoms with Gasteiger partial charge in [-0.05, 0) is 31.6 Å². The molecule has 0 spiro atoms. The maximum Gasteiger partial charge on any atom is 0.329 e. The molecule has 1 amide bonds. The van der Waals surface area contributed by atoms with Crippen molar-refractivity contribution in [2.45, 2.75) is 57.0 Å². The van der Waals surface area contributed by atoms with Gasteiger partial charge in [-0.1, -0.05) is 19.8 Å². The average molecular weight is 254 g/mol. The van der Waals surface area contributed by atoms with Crippen molar-refractivity contribution < 1.29 is 14.7 Å². The molecule has 2 unspecified atom stereocenters. The molecule has 2 rings (SSSR count). The first-order chi connectivity index (χ1) is 8.52. The minimum atomic E-state index is -1.04. The second-order valence-corrected chi connectivity index (χ2v) is 5.79. The van der Waals surface area contributed by atoms with E-state index in [4.69, 9.17) is 0 Å². The lowest BCUT2D eigenvalue weighted by atomic mass is 9.76. The zero-order valence-corrected chi connectivity index (χ0v) is 10.9. The molecule has 0 heterocycles. The zero-order valence-electron chi connectivity index (χ0n) is 10.9. The van der Waals surface area contributed by atoms with E-state index in [1.54, 1.807) is 0 Å². The van der Waals surface area contributed by atoms with Gasteiger partial charge in [0.15, 0.2) is 0 Å². The highest BCUT2D eigenvalue weighted by Gasteiger charge is 2.43. The molecule has 0 saturated heterocycles. The number of aliphatic carboxylic acids is 1. The summed E-state index contributed by atoms with van der Waals surface area (Å²) in [5, 5.41) is 15.3.